The number of aliphatic carboxylic acids is 1. The van der Waals surface area contributed by atoms with Gasteiger partial charge in [-0.3, -0.25) is 8.74 Å². The standard InChI is InChI=1S/C12H21NO20S3/c14-4-3(13-34(20,21)22)11(19)30-2(1-29-35(23,24)25)7(4)31-12-9(33-36(26,27)28)6(16)5(15)8(32-12)10(17)18/h2-9,11-16,19H,1H2,(H,17,18)(H,20,21,22)(H,23,24,25)(H,26,27,28)/p-3/t2-,3-,4-,5+,6+,7-,8-,9-,11+,12-/m1/s1. The minimum atomic E-state index is -5.50. The topological polar surface area (TPSA) is 348 Å². The summed E-state index contributed by atoms with van der Waals surface area (Å²) in [4.78, 5) is 11.2. The molecule has 2 fully saturated rings. The van der Waals surface area contributed by atoms with Gasteiger partial charge in [0, 0.05) is 0 Å². The van der Waals surface area contributed by atoms with Gasteiger partial charge in [0.25, 0.3) is 0 Å². The first-order valence-electron chi connectivity index (χ1n) is 9.09. The smallest absolute Gasteiger partial charge is 0.397 e. The van der Waals surface area contributed by atoms with E-state index in [1.807, 2.05) is 0 Å². The molecule has 0 unspecified atom stereocenters. The molecular weight excluding hydrogens is 574 g/mol. The van der Waals surface area contributed by atoms with Crippen LogP contribution in [-0.4, -0.2) is 133 Å². The lowest BCUT2D eigenvalue weighted by molar-refractivity contribution is -0.362. The van der Waals surface area contributed by atoms with Gasteiger partial charge < -0.3 is 53.6 Å². The molecule has 0 spiro atoms. The van der Waals surface area contributed by atoms with E-state index < -0.39 is 105 Å². The second-order valence-electron chi connectivity index (χ2n) is 7.16. The number of carbonyl (C=O) groups excluding carboxylic acids is 1. The molecule has 6 N–H and O–H groups in total. The minimum absolute atomic E-state index is 1.20. The molecule has 2 heterocycles. The predicted octanol–water partition coefficient (Wildman–Crippen LogP) is -8.27. The number of carboxylic acid groups (broad SMARTS) is 1. The second kappa shape index (κ2) is 11.3. The van der Waals surface area contributed by atoms with Gasteiger partial charge in [-0.25, -0.2) is 25.7 Å². The fourth-order valence-corrected chi connectivity index (χ4v) is 4.60. The second-order valence-corrected chi connectivity index (χ2v) is 10.4. The van der Waals surface area contributed by atoms with Crippen molar-refractivity contribution < 1.29 is 91.8 Å². The summed E-state index contributed by atoms with van der Waals surface area (Å²) in [5, 5.41) is 51.5. The van der Waals surface area contributed by atoms with E-state index in [1.54, 1.807) is 0 Å². The molecule has 212 valence electrons. The first-order chi connectivity index (χ1) is 16.2. The van der Waals surface area contributed by atoms with Crippen LogP contribution in [0.25, 0.3) is 0 Å². The molecule has 0 aromatic rings. The Kier molecular flexibility index (Phi) is 9.71. The Bertz CT molecular complexity index is 1100. The van der Waals surface area contributed by atoms with Crippen LogP contribution < -0.4 is 9.83 Å². The molecule has 0 amide bonds. The zero-order chi connectivity index (χ0) is 27.8. The summed E-state index contributed by atoms with van der Waals surface area (Å²) in [7, 11) is -16.4. The number of hydrogen-bond acceptors (Lipinski definition) is 19. The average Bonchev–Trinajstić information content (AvgIpc) is 2.68. The van der Waals surface area contributed by atoms with Crippen molar-refractivity contribution in [2.75, 3.05) is 6.61 Å². The Morgan fingerprint density at radius 2 is 1.50 bits per heavy atom. The van der Waals surface area contributed by atoms with E-state index in [-0.39, 0.29) is 0 Å². The third-order valence-corrected chi connectivity index (χ3v) is 6.10. The maximum Gasteiger partial charge on any atom is 0.397 e. The Morgan fingerprint density at radius 1 is 0.917 bits per heavy atom. The van der Waals surface area contributed by atoms with E-state index >= 15 is 0 Å². The van der Waals surface area contributed by atoms with Crippen LogP contribution in [-0.2, 0) is 58.5 Å². The Hall–Kier alpha value is -1.20. The van der Waals surface area contributed by atoms with Crippen LogP contribution in [0.4, 0.5) is 0 Å². The first-order valence-corrected chi connectivity index (χ1v) is 13.2. The summed E-state index contributed by atoms with van der Waals surface area (Å²) in [5.74, 6) is -2.20. The lowest BCUT2D eigenvalue weighted by Gasteiger charge is -2.47. The van der Waals surface area contributed by atoms with Crippen molar-refractivity contribution in [2.45, 2.75) is 61.3 Å². The summed E-state index contributed by atoms with van der Waals surface area (Å²) in [6.45, 7) is -1.38. The first kappa shape index (κ1) is 31.0. The van der Waals surface area contributed by atoms with Crippen molar-refractivity contribution in [3.8, 4) is 0 Å². The molecule has 0 aromatic heterocycles. The summed E-state index contributed by atoms with van der Waals surface area (Å²) in [6, 6.07) is -2.28. The molecule has 10 atom stereocenters. The molecule has 2 aliphatic rings. The van der Waals surface area contributed by atoms with Gasteiger partial charge in [0.05, 0.1) is 12.6 Å². The third kappa shape index (κ3) is 8.41. The van der Waals surface area contributed by atoms with Crippen molar-refractivity contribution in [1.29, 1.82) is 0 Å². The van der Waals surface area contributed by atoms with Crippen LogP contribution in [0.5, 0.6) is 0 Å². The van der Waals surface area contributed by atoms with Crippen LogP contribution in [0.3, 0.4) is 0 Å². The molecule has 0 bridgehead atoms. The fraction of sp³-hybridized carbons (Fsp3) is 0.917. The molecule has 0 aromatic carbocycles. The minimum Gasteiger partial charge on any atom is -0.735 e. The lowest BCUT2D eigenvalue weighted by atomic mass is 9.96. The number of aliphatic hydroxyl groups is 4. The SMILES string of the molecule is O=C([O-])[C@@H]1O[C@@H](O[C@H]2[C@H](O)[C@@H](NS(=O)(=O)[O-])[C@@H](O)O[C@@H]2COS(=O)(=O)[O-])[C@H](OS(=O)(=O)O)[C@@H](O)[C@@H]1O. The van der Waals surface area contributed by atoms with Crippen LogP contribution in [0.15, 0.2) is 0 Å². The largest absolute Gasteiger partial charge is 0.735 e. The quantitative estimate of drug-likeness (QED) is 0.101. The number of aliphatic hydroxyl groups excluding tert-OH is 4. The number of carbonyl (C=O) groups is 1. The Morgan fingerprint density at radius 3 is 1.97 bits per heavy atom. The zero-order valence-electron chi connectivity index (χ0n) is 17.1. The van der Waals surface area contributed by atoms with Crippen molar-refractivity contribution in [1.82, 2.24) is 4.72 Å². The van der Waals surface area contributed by atoms with Crippen LogP contribution in [0, 0.1) is 0 Å². The molecule has 2 rings (SSSR count). The Balaban J connectivity index is 2.46. The number of rotatable bonds is 10. The van der Waals surface area contributed by atoms with Gasteiger partial charge in [0.2, 0.25) is 10.4 Å². The number of nitrogens with one attached hydrogen (secondary N) is 1. The van der Waals surface area contributed by atoms with Crippen LogP contribution >= 0.6 is 0 Å². The fourth-order valence-electron chi connectivity index (χ4n) is 3.22. The highest BCUT2D eigenvalue weighted by Gasteiger charge is 2.53. The van der Waals surface area contributed by atoms with Crippen molar-refractivity contribution >= 4 is 37.1 Å². The molecule has 0 aliphatic carbocycles. The summed E-state index contributed by atoms with van der Waals surface area (Å²) in [6.07, 6.45) is -21.8. The van der Waals surface area contributed by atoms with Gasteiger partial charge in [0.1, 0.15) is 42.7 Å². The summed E-state index contributed by atoms with van der Waals surface area (Å²) in [5.41, 5.74) is 0. The zero-order valence-corrected chi connectivity index (χ0v) is 19.5. The van der Waals surface area contributed by atoms with Gasteiger partial charge >= 0.3 is 10.4 Å². The molecular formula is C12H18NO20S3-3. The number of ether oxygens (including phenoxy) is 3. The number of carboxylic acids is 1. The van der Waals surface area contributed by atoms with E-state index in [4.69, 9.17) is 18.8 Å². The summed E-state index contributed by atoms with van der Waals surface area (Å²) >= 11 is 0. The third-order valence-electron chi connectivity index (χ3n) is 4.65. The normalized spacial score (nSPS) is 38.5. The van der Waals surface area contributed by atoms with Crippen molar-refractivity contribution in [3.63, 3.8) is 0 Å². The Labute approximate surface area is 201 Å². The highest BCUT2D eigenvalue weighted by Crippen LogP contribution is 2.31. The van der Waals surface area contributed by atoms with Gasteiger partial charge in [-0.1, -0.05) is 0 Å². The molecule has 0 saturated carbocycles. The van der Waals surface area contributed by atoms with Crippen molar-refractivity contribution in [2.24, 2.45) is 0 Å². The number of hydrogen-bond donors (Lipinski definition) is 6. The monoisotopic (exact) mass is 592 g/mol. The van der Waals surface area contributed by atoms with E-state index in [2.05, 4.69) is 8.37 Å². The van der Waals surface area contributed by atoms with E-state index in [9.17, 15) is 64.7 Å². The van der Waals surface area contributed by atoms with E-state index in [0.717, 1.165) is 0 Å². The summed E-state index contributed by atoms with van der Waals surface area (Å²) < 4.78 is 121. The van der Waals surface area contributed by atoms with Gasteiger partial charge in [-0.15, -0.1) is 0 Å². The molecule has 21 nitrogen and oxygen atoms in total. The average molecular weight is 592 g/mol. The van der Waals surface area contributed by atoms with Gasteiger partial charge in [-0.2, -0.15) is 8.42 Å². The van der Waals surface area contributed by atoms with E-state index in [0.29, 0.717) is 0 Å². The highest BCUT2D eigenvalue weighted by molar-refractivity contribution is 7.83. The van der Waals surface area contributed by atoms with Crippen LogP contribution in [0.2, 0.25) is 0 Å². The maximum absolute atomic E-state index is 11.2. The molecule has 0 radical (unpaired) electrons. The molecule has 2 saturated heterocycles. The molecule has 36 heavy (non-hydrogen) atoms. The predicted molar refractivity (Wildman–Crippen MR) is 96.1 cm³/mol. The van der Waals surface area contributed by atoms with Crippen LogP contribution in [0.1, 0.15) is 0 Å². The van der Waals surface area contributed by atoms with Gasteiger partial charge in [0.15, 0.2) is 29.0 Å². The molecule has 24 heteroatoms. The van der Waals surface area contributed by atoms with E-state index in [1.165, 1.54) is 4.72 Å². The molecule has 2 aliphatic heterocycles. The van der Waals surface area contributed by atoms with Crippen molar-refractivity contribution in [3.05, 3.63) is 0 Å². The highest BCUT2D eigenvalue weighted by atomic mass is 32.3. The van der Waals surface area contributed by atoms with Gasteiger partial charge in [-0.05, 0) is 0 Å². The maximum atomic E-state index is 11.2. The lowest BCUT2D eigenvalue weighted by Crippen LogP contribution is -2.68.